The summed E-state index contributed by atoms with van der Waals surface area (Å²) in [5.41, 5.74) is 1.16. The van der Waals surface area contributed by atoms with Crippen molar-refractivity contribution < 1.29 is 9.53 Å². The maximum absolute atomic E-state index is 11.3. The molecule has 1 aromatic rings. The van der Waals surface area contributed by atoms with Gasteiger partial charge in [0.25, 0.3) is 0 Å². The molecule has 4 heteroatoms. The first-order valence-corrected chi connectivity index (χ1v) is 6.25. The number of hydrogen-bond donors (Lipinski definition) is 0. The average molecular weight is 241 g/mol. The van der Waals surface area contributed by atoms with Crippen LogP contribution in [-0.2, 0) is 21.4 Å². The molecule has 0 fully saturated rings. The third-order valence-corrected chi connectivity index (χ3v) is 3.28. The van der Waals surface area contributed by atoms with Crippen LogP contribution in [0.4, 0.5) is 0 Å². The van der Waals surface area contributed by atoms with Crippen molar-refractivity contribution in [2.45, 2.75) is 39.5 Å². The molecule has 1 heterocycles. The van der Waals surface area contributed by atoms with Crippen molar-refractivity contribution >= 4 is 17.3 Å². The van der Waals surface area contributed by atoms with Crippen LogP contribution in [0, 0.1) is 5.92 Å². The molecule has 1 atom stereocenters. The van der Waals surface area contributed by atoms with Crippen LogP contribution in [0.2, 0.25) is 0 Å². The lowest BCUT2D eigenvalue weighted by Gasteiger charge is -2.14. The second-order valence-electron chi connectivity index (χ2n) is 5.00. The van der Waals surface area contributed by atoms with Gasteiger partial charge in [0, 0.05) is 17.2 Å². The number of esters is 1. The van der Waals surface area contributed by atoms with E-state index in [9.17, 15) is 4.79 Å². The fraction of sp³-hybridized carbons (Fsp3) is 0.667. The van der Waals surface area contributed by atoms with Crippen molar-refractivity contribution in [3.05, 3.63) is 16.1 Å². The molecule has 0 aromatic carbocycles. The number of ether oxygens (including phenoxy) is 1. The maximum Gasteiger partial charge on any atom is 0.308 e. The first kappa shape index (κ1) is 13.2. The lowest BCUT2D eigenvalue weighted by molar-refractivity contribution is -0.144. The van der Waals surface area contributed by atoms with Gasteiger partial charge in [-0.05, 0) is 0 Å². The van der Waals surface area contributed by atoms with Gasteiger partial charge in [-0.1, -0.05) is 27.7 Å². The molecule has 1 rings (SSSR count). The standard InChI is InChI=1S/C12H19NO2S/c1-8(11(14)15-5)6-10-13-9(7-16-10)12(2,3)4/h7-8H,6H2,1-5H3. The number of hydrogen-bond acceptors (Lipinski definition) is 4. The van der Waals surface area contributed by atoms with Crippen LogP contribution in [0.3, 0.4) is 0 Å². The molecular weight excluding hydrogens is 222 g/mol. The van der Waals surface area contributed by atoms with Crippen molar-refractivity contribution in [2.75, 3.05) is 7.11 Å². The van der Waals surface area contributed by atoms with Gasteiger partial charge >= 0.3 is 5.97 Å². The lowest BCUT2D eigenvalue weighted by atomic mass is 9.93. The Morgan fingerprint density at radius 1 is 1.56 bits per heavy atom. The van der Waals surface area contributed by atoms with Crippen molar-refractivity contribution in [3.63, 3.8) is 0 Å². The van der Waals surface area contributed by atoms with Crippen molar-refractivity contribution in [2.24, 2.45) is 5.92 Å². The molecule has 0 aliphatic carbocycles. The highest BCUT2D eigenvalue weighted by Crippen LogP contribution is 2.25. The Kier molecular flexibility index (Phi) is 4.08. The van der Waals surface area contributed by atoms with E-state index in [0.29, 0.717) is 6.42 Å². The highest BCUT2D eigenvalue weighted by Gasteiger charge is 2.20. The van der Waals surface area contributed by atoms with E-state index < -0.39 is 0 Å². The summed E-state index contributed by atoms with van der Waals surface area (Å²) in [5.74, 6) is -0.295. The summed E-state index contributed by atoms with van der Waals surface area (Å²) < 4.78 is 4.70. The second-order valence-corrected chi connectivity index (χ2v) is 5.95. The molecule has 90 valence electrons. The molecule has 0 saturated heterocycles. The smallest absolute Gasteiger partial charge is 0.308 e. The van der Waals surface area contributed by atoms with Crippen LogP contribution in [0.25, 0.3) is 0 Å². The molecule has 1 aromatic heterocycles. The lowest BCUT2D eigenvalue weighted by Crippen LogP contribution is -2.16. The van der Waals surface area contributed by atoms with Crippen LogP contribution in [0.15, 0.2) is 5.38 Å². The number of nitrogens with zero attached hydrogens (tertiary/aromatic N) is 1. The van der Waals surface area contributed by atoms with E-state index in [1.54, 1.807) is 11.3 Å². The van der Waals surface area contributed by atoms with E-state index in [0.717, 1.165) is 10.7 Å². The third kappa shape index (κ3) is 3.30. The third-order valence-electron chi connectivity index (χ3n) is 2.40. The van der Waals surface area contributed by atoms with Crippen LogP contribution in [0.1, 0.15) is 38.4 Å². The van der Waals surface area contributed by atoms with Gasteiger partial charge in [-0.25, -0.2) is 4.98 Å². The summed E-state index contributed by atoms with van der Waals surface area (Å²) >= 11 is 1.61. The molecule has 0 amide bonds. The maximum atomic E-state index is 11.3. The van der Waals surface area contributed by atoms with E-state index in [-0.39, 0.29) is 17.3 Å². The summed E-state index contributed by atoms with van der Waals surface area (Å²) in [6.07, 6.45) is 0.660. The molecule has 3 nitrogen and oxygen atoms in total. The number of rotatable bonds is 3. The fourth-order valence-corrected chi connectivity index (χ4v) is 2.45. The molecule has 0 bridgehead atoms. The summed E-state index contributed by atoms with van der Waals surface area (Å²) in [6.45, 7) is 8.27. The Balaban J connectivity index is 2.69. The number of carbonyl (C=O) groups excluding carboxylic acids is 1. The summed E-state index contributed by atoms with van der Waals surface area (Å²) in [6, 6.07) is 0. The van der Waals surface area contributed by atoms with Gasteiger partial charge in [-0.2, -0.15) is 0 Å². The molecule has 16 heavy (non-hydrogen) atoms. The molecular formula is C12H19NO2S. The summed E-state index contributed by atoms with van der Waals surface area (Å²) in [5, 5.41) is 3.07. The Hall–Kier alpha value is -0.900. The van der Waals surface area contributed by atoms with E-state index in [1.807, 2.05) is 6.92 Å². The normalized spacial score (nSPS) is 13.6. The molecule has 0 spiro atoms. The minimum Gasteiger partial charge on any atom is -0.469 e. The number of carbonyl (C=O) groups is 1. The predicted octanol–water partition coefficient (Wildman–Crippen LogP) is 2.79. The minimum atomic E-state index is -0.174. The highest BCUT2D eigenvalue weighted by atomic mass is 32.1. The first-order chi connectivity index (χ1) is 7.34. The van der Waals surface area contributed by atoms with Gasteiger partial charge in [0.05, 0.1) is 23.7 Å². The molecule has 0 radical (unpaired) electrons. The molecule has 0 N–H and O–H groups in total. The number of aromatic nitrogens is 1. The molecule has 0 aliphatic rings. The first-order valence-electron chi connectivity index (χ1n) is 5.37. The monoisotopic (exact) mass is 241 g/mol. The predicted molar refractivity (Wildman–Crippen MR) is 65.7 cm³/mol. The Labute approximate surface area is 101 Å². The van der Waals surface area contributed by atoms with Crippen molar-refractivity contribution in [1.29, 1.82) is 0 Å². The van der Waals surface area contributed by atoms with E-state index in [2.05, 4.69) is 31.1 Å². The van der Waals surface area contributed by atoms with Gasteiger partial charge < -0.3 is 4.74 Å². The van der Waals surface area contributed by atoms with Gasteiger partial charge in [0.2, 0.25) is 0 Å². The zero-order valence-corrected chi connectivity index (χ0v) is 11.4. The number of thiazole rings is 1. The van der Waals surface area contributed by atoms with E-state index >= 15 is 0 Å². The van der Waals surface area contributed by atoms with Crippen LogP contribution in [0.5, 0.6) is 0 Å². The quantitative estimate of drug-likeness (QED) is 0.764. The van der Waals surface area contributed by atoms with Crippen molar-refractivity contribution in [3.8, 4) is 0 Å². The minimum absolute atomic E-state index is 0.0727. The van der Waals surface area contributed by atoms with Gasteiger partial charge in [-0.15, -0.1) is 11.3 Å². The summed E-state index contributed by atoms with van der Waals surface area (Å²) in [7, 11) is 1.42. The molecule has 0 saturated carbocycles. The van der Waals surface area contributed by atoms with E-state index in [1.165, 1.54) is 7.11 Å². The average Bonchev–Trinajstić information content (AvgIpc) is 2.64. The Morgan fingerprint density at radius 2 is 2.19 bits per heavy atom. The van der Waals surface area contributed by atoms with Crippen LogP contribution < -0.4 is 0 Å². The van der Waals surface area contributed by atoms with Crippen molar-refractivity contribution in [1.82, 2.24) is 4.98 Å². The second kappa shape index (κ2) is 4.95. The van der Waals surface area contributed by atoms with E-state index in [4.69, 9.17) is 4.74 Å². The zero-order valence-electron chi connectivity index (χ0n) is 10.5. The highest BCUT2D eigenvalue weighted by molar-refractivity contribution is 7.09. The molecule has 0 aliphatic heterocycles. The largest absolute Gasteiger partial charge is 0.469 e. The number of methoxy groups -OCH3 is 1. The Bertz CT molecular complexity index is 365. The van der Waals surface area contributed by atoms with Gasteiger partial charge in [0.15, 0.2) is 0 Å². The van der Waals surface area contributed by atoms with Crippen LogP contribution in [-0.4, -0.2) is 18.1 Å². The Morgan fingerprint density at radius 3 is 2.62 bits per heavy atom. The zero-order chi connectivity index (χ0) is 12.3. The topological polar surface area (TPSA) is 39.2 Å². The van der Waals surface area contributed by atoms with Gasteiger partial charge in [-0.3, -0.25) is 4.79 Å². The van der Waals surface area contributed by atoms with Crippen LogP contribution >= 0.6 is 11.3 Å². The summed E-state index contributed by atoms with van der Waals surface area (Å²) in [4.78, 5) is 15.8. The SMILES string of the molecule is COC(=O)C(C)Cc1nc(C(C)(C)C)cs1. The fourth-order valence-electron chi connectivity index (χ4n) is 1.30. The van der Waals surface area contributed by atoms with Gasteiger partial charge in [0.1, 0.15) is 0 Å². The molecule has 1 unspecified atom stereocenters.